The van der Waals surface area contributed by atoms with E-state index < -0.39 is 11.7 Å². The number of rotatable bonds is 3. The van der Waals surface area contributed by atoms with E-state index in [2.05, 4.69) is 20.7 Å². The lowest BCUT2D eigenvalue weighted by molar-refractivity contribution is -0.124. The van der Waals surface area contributed by atoms with Gasteiger partial charge in [0, 0.05) is 22.2 Å². The Morgan fingerprint density at radius 2 is 2.15 bits per heavy atom. The second-order valence-corrected chi connectivity index (χ2v) is 6.31. The number of carbonyl (C=O) groups excluding carboxylic acids is 2. The summed E-state index contributed by atoms with van der Waals surface area (Å²) in [7, 11) is 0. The summed E-state index contributed by atoms with van der Waals surface area (Å²) in [6.45, 7) is 0. The van der Waals surface area contributed by atoms with Gasteiger partial charge in [-0.2, -0.15) is 9.61 Å². The summed E-state index contributed by atoms with van der Waals surface area (Å²) >= 11 is 5.90. The van der Waals surface area contributed by atoms with Crippen molar-refractivity contribution in [2.75, 3.05) is 11.1 Å². The number of aromatic nitrogens is 3. The van der Waals surface area contributed by atoms with Crippen LogP contribution in [0.15, 0.2) is 36.0 Å². The van der Waals surface area contributed by atoms with Crippen molar-refractivity contribution in [3.05, 3.63) is 52.4 Å². The molecule has 4 rings (SSSR count). The fraction of sp³-hybridized carbons (Fsp3) is 0.0588. The summed E-state index contributed by atoms with van der Waals surface area (Å²) in [6, 6.07) is 5.58. The van der Waals surface area contributed by atoms with Crippen LogP contribution in [0.25, 0.3) is 11.7 Å². The molecule has 0 saturated carbocycles. The first kappa shape index (κ1) is 17.0. The predicted molar refractivity (Wildman–Crippen MR) is 97.8 cm³/mol. The lowest BCUT2D eigenvalue weighted by Gasteiger charge is -2.09. The number of anilines is 3. The third kappa shape index (κ3) is 3.20. The lowest BCUT2D eigenvalue weighted by Crippen LogP contribution is -2.19. The first-order valence-corrected chi connectivity index (χ1v) is 8.19. The molecule has 27 heavy (non-hydrogen) atoms. The summed E-state index contributed by atoms with van der Waals surface area (Å²) in [5.41, 5.74) is 7.28. The molecule has 1 fully saturated rings. The number of nitrogens with two attached hydrogens (primary N) is 1. The van der Waals surface area contributed by atoms with Gasteiger partial charge in [0.15, 0.2) is 5.65 Å². The molecule has 10 heteroatoms. The van der Waals surface area contributed by atoms with Crippen LogP contribution < -0.4 is 16.4 Å². The molecule has 0 aliphatic carbocycles. The number of hydrogen-bond acceptors (Lipinski definition) is 6. The van der Waals surface area contributed by atoms with E-state index >= 15 is 0 Å². The van der Waals surface area contributed by atoms with E-state index in [-0.39, 0.29) is 29.7 Å². The molecule has 0 unspecified atom stereocenters. The molecule has 3 heterocycles. The van der Waals surface area contributed by atoms with Crippen molar-refractivity contribution in [1.29, 1.82) is 0 Å². The van der Waals surface area contributed by atoms with E-state index in [1.807, 2.05) is 0 Å². The Morgan fingerprint density at radius 3 is 2.89 bits per heavy atom. The molecule has 8 nitrogen and oxygen atoms in total. The maximum Gasteiger partial charge on any atom is 0.254 e. The van der Waals surface area contributed by atoms with Crippen LogP contribution in [0.4, 0.5) is 21.7 Å². The lowest BCUT2D eigenvalue weighted by atomic mass is 10.1. The minimum Gasteiger partial charge on any atom is -0.383 e. The van der Waals surface area contributed by atoms with Crippen molar-refractivity contribution in [3.8, 4) is 0 Å². The van der Waals surface area contributed by atoms with Crippen LogP contribution in [-0.2, 0) is 9.59 Å². The van der Waals surface area contributed by atoms with E-state index in [1.165, 1.54) is 41.1 Å². The number of imide groups is 1. The van der Waals surface area contributed by atoms with Gasteiger partial charge in [0.1, 0.15) is 17.5 Å². The monoisotopic (exact) mass is 386 g/mol. The van der Waals surface area contributed by atoms with Gasteiger partial charge in [-0.1, -0.05) is 11.6 Å². The highest BCUT2D eigenvalue weighted by Gasteiger charge is 2.24. The quantitative estimate of drug-likeness (QED) is 0.470. The van der Waals surface area contributed by atoms with E-state index in [0.717, 1.165) is 0 Å². The Hall–Kier alpha value is -3.46. The zero-order chi connectivity index (χ0) is 19.1. The normalized spacial score (nSPS) is 15.6. The van der Waals surface area contributed by atoms with Crippen molar-refractivity contribution in [1.82, 2.24) is 19.9 Å². The van der Waals surface area contributed by atoms with Crippen molar-refractivity contribution in [3.63, 3.8) is 0 Å². The summed E-state index contributed by atoms with van der Waals surface area (Å²) in [5.74, 6) is -0.803. The maximum absolute atomic E-state index is 14.0. The van der Waals surface area contributed by atoms with Crippen LogP contribution in [0.1, 0.15) is 12.0 Å². The Labute approximate surface area is 156 Å². The number of halogens is 2. The Kier molecular flexibility index (Phi) is 4.00. The zero-order valence-corrected chi connectivity index (χ0v) is 14.4. The molecule has 0 atom stereocenters. The summed E-state index contributed by atoms with van der Waals surface area (Å²) in [4.78, 5) is 27.5. The molecule has 1 aliphatic heterocycles. The predicted octanol–water partition coefficient (Wildman–Crippen LogP) is 2.28. The molecule has 1 aliphatic rings. The van der Waals surface area contributed by atoms with Crippen LogP contribution in [0, 0.1) is 5.82 Å². The Morgan fingerprint density at radius 1 is 1.33 bits per heavy atom. The second kappa shape index (κ2) is 6.36. The average Bonchev–Trinajstić information content (AvgIpc) is 3.15. The fourth-order valence-corrected chi connectivity index (χ4v) is 2.88. The molecule has 4 N–H and O–H groups in total. The van der Waals surface area contributed by atoms with Gasteiger partial charge < -0.3 is 11.1 Å². The van der Waals surface area contributed by atoms with Crippen molar-refractivity contribution in [2.24, 2.45) is 0 Å². The highest BCUT2D eigenvalue weighted by atomic mass is 35.5. The van der Waals surface area contributed by atoms with Gasteiger partial charge in [0.2, 0.25) is 5.91 Å². The van der Waals surface area contributed by atoms with Crippen molar-refractivity contribution < 1.29 is 14.0 Å². The summed E-state index contributed by atoms with van der Waals surface area (Å²) in [6.07, 6.45) is 2.99. The number of nitrogens with one attached hydrogen (secondary N) is 2. The zero-order valence-electron chi connectivity index (χ0n) is 13.7. The number of nitrogens with zero attached hydrogens (tertiary/aromatic N) is 3. The molecular weight excluding hydrogens is 375 g/mol. The van der Waals surface area contributed by atoms with Crippen molar-refractivity contribution >= 4 is 52.5 Å². The van der Waals surface area contributed by atoms with Crippen LogP contribution >= 0.6 is 11.6 Å². The van der Waals surface area contributed by atoms with Gasteiger partial charge in [-0.25, -0.2) is 9.37 Å². The Balaban J connectivity index is 1.76. The fourth-order valence-electron chi connectivity index (χ4n) is 2.71. The van der Waals surface area contributed by atoms with Crippen LogP contribution in [-0.4, -0.2) is 26.4 Å². The van der Waals surface area contributed by atoms with Crippen LogP contribution in [0.5, 0.6) is 0 Å². The molecule has 2 aromatic heterocycles. The molecule has 1 aromatic carbocycles. The standard InChI is InChI=1S/C17H12ClFN6O2/c18-10-1-2-11(19)12(5-10)22-14-6-13(20)25-16(23-14)9(7-21-25)3-8-4-15(26)24-17(8)27/h1-3,5-7H,4,20H2,(H,22,23)(H,24,26,27). The second-order valence-electron chi connectivity index (χ2n) is 5.87. The topological polar surface area (TPSA) is 114 Å². The number of carbonyl (C=O) groups is 2. The molecule has 3 aromatic rings. The molecule has 1 saturated heterocycles. The highest BCUT2D eigenvalue weighted by molar-refractivity contribution is 6.30. The van der Waals surface area contributed by atoms with Gasteiger partial charge in [-0.05, 0) is 24.3 Å². The van der Waals surface area contributed by atoms with Crippen LogP contribution in [0.2, 0.25) is 5.02 Å². The minimum atomic E-state index is -0.503. The molecular formula is C17H12ClFN6O2. The number of amides is 2. The molecule has 2 amide bonds. The van der Waals surface area contributed by atoms with Gasteiger partial charge in [-0.15, -0.1) is 0 Å². The highest BCUT2D eigenvalue weighted by Crippen LogP contribution is 2.26. The smallest absolute Gasteiger partial charge is 0.254 e. The molecule has 0 radical (unpaired) electrons. The molecule has 0 bridgehead atoms. The molecule has 136 valence electrons. The van der Waals surface area contributed by atoms with E-state index in [1.54, 1.807) is 0 Å². The van der Waals surface area contributed by atoms with E-state index in [9.17, 15) is 14.0 Å². The minimum absolute atomic E-state index is 0.0165. The SMILES string of the molecule is Nc1cc(Nc2cc(Cl)ccc2F)nc2c(C=C3CC(=O)NC3=O)cnn12. The maximum atomic E-state index is 14.0. The van der Waals surface area contributed by atoms with Gasteiger partial charge in [-0.3, -0.25) is 14.9 Å². The number of nitrogen functional groups attached to an aromatic ring is 1. The van der Waals surface area contributed by atoms with E-state index in [4.69, 9.17) is 17.3 Å². The third-order valence-electron chi connectivity index (χ3n) is 3.94. The van der Waals surface area contributed by atoms with Crippen LogP contribution in [0.3, 0.4) is 0 Å². The van der Waals surface area contributed by atoms with Gasteiger partial charge in [0.25, 0.3) is 5.91 Å². The third-order valence-corrected chi connectivity index (χ3v) is 4.18. The van der Waals surface area contributed by atoms with Crippen molar-refractivity contribution in [2.45, 2.75) is 6.42 Å². The number of fused-ring (bicyclic) bond motifs is 1. The first-order chi connectivity index (χ1) is 12.9. The Bertz CT molecular complexity index is 1140. The van der Waals surface area contributed by atoms with E-state index in [0.29, 0.717) is 21.8 Å². The summed E-state index contributed by atoms with van der Waals surface area (Å²) < 4.78 is 15.3. The number of hydrogen-bond donors (Lipinski definition) is 3. The largest absolute Gasteiger partial charge is 0.383 e. The number of benzene rings is 1. The molecule has 0 spiro atoms. The summed E-state index contributed by atoms with van der Waals surface area (Å²) in [5, 5.41) is 9.53. The first-order valence-electron chi connectivity index (χ1n) is 7.82. The van der Waals surface area contributed by atoms with Gasteiger partial charge >= 0.3 is 0 Å². The van der Waals surface area contributed by atoms with Gasteiger partial charge in [0.05, 0.1) is 18.3 Å². The average molecular weight is 387 g/mol.